The molecular weight excluding hydrogens is 326 g/mol. The van der Waals surface area contributed by atoms with E-state index in [1.165, 1.54) is 16.4 Å². The van der Waals surface area contributed by atoms with Gasteiger partial charge in [-0.05, 0) is 50.2 Å². The highest BCUT2D eigenvalue weighted by Gasteiger charge is 2.32. The molecule has 24 heavy (non-hydrogen) atoms. The fourth-order valence-electron chi connectivity index (χ4n) is 2.80. The normalized spacial score (nSPS) is 14.4. The molecule has 0 saturated carbocycles. The molecule has 0 bridgehead atoms. The van der Waals surface area contributed by atoms with Crippen LogP contribution in [0.15, 0.2) is 47.4 Å². The van der Waals surface area contributed by atoms with Gasteiger partial charge in [0.2, 0.25) is 0 Å². The smallest absolute Gasteiger partial charge is 0.264 e. The summed E-state index contributed by atoms with van der Waals surface area (Å²) in [6, 6.07) is 11.6. The predicted octanol–water partition coefficient (Wildman–Crippen LogP) is 3.18. The van der Waals surface area contributed by atoms with Crippen LogP contribution in [-0.2, 0) is 10.0 Å². The Morgan fingerprint density at radius 1 is 1.12 bits per heavy atom. The molecule has 0 atom stereocenters. The quantitative estimate of drug-likeness (QED) is 0.854. The summed E-state index contributed by atoms with van der Waals surface area (Å²) in [4.78, 5) is 12.3. The first-order chi connectivity index (χ1) is 11.4. The van der Waals surface area contributed by atoms with Crippen LogP contribution in [0.1, 0.15) is 29.3 Å². The maximum atomic E-state index is 13.0. The molecule has 126 valence electrons. The van der Waals surface area contributed by atoms with E-state index < -0.39 is 10.0 Å². The highest BCUT2D eigenvalue weighted by atomic mass is 32.2. The molecule has 5 nitrogen and oxygen atoms in total. The molecule has 0 spiro atoms. The number of benzene rings is 2. The van der Waals surface area contributed by atoms with Crippen molar-refractivity contribution >= 4 is 21.5 Å². The number of ketones is 1. The third-order valence-electron chi connectivity index (χ3n) is 3.99. The Labute approximate surface area is 141 Å². The number of hydrogen-bond donors (Lipinski definition) is 0. The summed E-state index contributed by atoms with van der Waals surface area (Å²) < 4.78 is 32.6. The van der Waals surface area contributed by atoms with Crippen molar-refractivity contribution in [3.8, 4) is 5.75 Å². The molecule has 0 amide bonds. The summed E-state index contributed by atoms with van der Waals surface area (Å²) in [6.45, 7) is 4.43. The van der Waals surface area contributed by atoms with E-state index in [4.69, 9.17) is 4.74 Å². The van der Waals surface area contributed by atoms with Gasteiger partial charge in [0.25, 0.3) is 10.0 Å². The molecule has 2 aromatic rings. The summed E-state index contributed by atoms with van der Waals surface area (Å²) >= 11 is 0. The van der Waals surface area contributed by atoms with E-state index in [1.807, 2.05) is 19.9 Å². The van der Waals surface area contributed by atoms with Gasteiger partial charge in [-0.15, -0.1) is 0 Å². The van der Waals surface area contributed by atoms with Crippen molar-refractivity contribution in [2.45, 2.75) is 25.2 Å². The number of nitrogens with zero attached hydrogens (tertiary/aromatic N) is 1. The second kappa shape index (κ2) is 6.28. The van der Waals surface area contributed by atoms with Gasteiger partial charge in [0.05, 0.1) is 17.2 Å². The number of fused-ring (bicyclic) bond motifs is 1. The van der Waals surface area contributed by atoms with Gasteiger partial charge in [-0.1, -0.05) is 11.6 Å². The lowest BCUT2D eigenvalue weighted by atomic mass is 10.0. The van der Waals surface area contributed by atoms with Crippen LogP contribution < -0.4 is 9.04 Å². The van der Waals surface area contributed by atoms with Gasteiger partial charge in [-0.25, -0.2) is 8.42 Å². The largest absolute Gasteiger partial charge is 0.494 e. The van der Waals surface area contributed by atoms with Gasteiger partial charge < -0.3 is 4.74 Å². The Balaban J connectivity index is 2.02. The minimum absolute atomic E-state index is 0.0214. The topological polar surface area (TPSA) is 63.7 Å². The molecule has 0 aliphatic carbocycles. The number of ether oxygens (including phenoxy) is 1. The van der Waals surface area contributed by atoms with Gasteiger partial charge in [0.1, 0.15) is 5.75 Å². The van der Waals surface area contributed by atoms with E-state index in [1.54, 1.807) is 24.3 Å². The van der Waals surface area contributed by atoms with Crippen LogP contribution in [0.25, 0.3) is 0 Å². The Kier molecular flexibility index (Phi) is 4.32. The van der Waals surface area contributed by atoms with E-state index in [0.717, 1.165) is 5.56 Å². The first-order valence-corrected chi connectivity index (χ1v) is 9.27. The predicted molar refractivity (Wildman–Crippen MR) is 92.3 cm³/mol. The standard InChI is InChI=1S/C18H19NO4S/c1-3-23-14-5-7-15(8-6-14)24(21,22)19-11-10-18(20)16-12-13(2)4-9-17(16)19/h4-9,12H,3,10-11H2,1-2H3. The number of carbonyl (C=O) groups is 1. The Morgan fingerprint density at radius 2 is 1.83 bits per heavy atom. The lowest BCUT2D eigenvalue weighted by Crippen LogP contribution is -2.37. The number of sulfonamides is 1. The molecule has 0 aromatic heterocycles. The fourth-order valence-corrected chi connectivity index (χ4v) is 4.28. The molecule has 0 saturated heterocycles. The number of anilines is 1. The van der Waals surface area contributed by atoms with Gasteiger partial charge in [-0.3, -0.25) is 9.10 Å². The highest BCUT2D eigenvalue weighted by molar-refractivity contribution is 7.92. The van der Waals surface area contributed by atoms with Crippen LogP contribution in [-0.4, -0.2) is 27.4 Å². The Hall–Kier alpha value is -2.34. The lowest BCUT2D eigenvalue weighted by Gasteiger charge is -2.30. The lowest BCUT2D eigenvalue weighted by molar-refractivity contribution is 0.0982. The van der Waals surface area contributed by atoms with Crippen LogP contribution in [0, 0.1) is 6.92 Å². The summed E-state index contributed by atoms with van der Waals surface area (Å²) in [5.74, 6) is 0.605. The number of aryl methyl sites for hydroxylation is 1. The molecule has 6 heteroatoms. The molecular formula is C18H19NO4S. The average molecular weight is 345 g/mol. The Morgan fingerprint density at radius 3 is 2.50 bits per heavy atom. The van der Waals surface area contributed by atoms with Crippen molar-refractivity contribution in [2.24, 2.45) is 0 Å². The Bertz CT molecular complexity index is 872. The molecule has 1 aliphatic heterocycles. The van der Waals surface area contributed by atoms with Gasteiger partial charge in [0, 0.05) is 18.5 Å². The monoisotopic (exact) mass is 345 g/mol. The highest BCUT2D eigenvalue weighted by Crippen LogP contribution is 2.33. The number of Topliss-reactive ketones (excluding diaryl/α,β-unsaturated/α-hetero) is 1. The SMILES string of the molecule is CCOc1ccc(S(=O)(=O)N2CCC(=O)c3cc(C)ccc32)cc1. The van der Waals surface area contributed by atoms with E-state index in [2.05, 4.69) is 0 Å². The number of carbonyl (C=O) groups excluding carboxylic acids is 1. The maximum Gasteiger partial charge on any atom is 0.264 e. The van der Waals surface area contributed by atoms with Gasteiger partial charge in [0.15, 0.2) is 5.78 Å². The van der Waals surface area contributed by atoms with Crippen LogP contribution in [0.2, 0.25) is 0 Å². The number of rotatable bonds is 4. The molecule has 0 fully saturated rings. The second-order valence-electron chi connectivity index (χ2n) is 5.68. The molecule has 1 heterocycles. The van der Waals surface area contributed by atoms with Crippen molar-refractivity contribution in [1.82, 2.24) is 0 Å². The van der Waals surface area contributed by atoms with Crippen LogP contribution in [0.4, 0.5) is 5.69 Å². The zero-order chi connectivity index (χ0) is 17.3. The molecule has 2 aromatic carbocycles. The van der Waals surface area contributed by atoms with E-state index in [0.29, 0.717) is 23.6 Å². The number of hydrogen-bond acceptors (Lipinski definition) is 4. The van der Waals surface area contributed by atoms with Crippen LogP contribution in [0.3, 0.4) is 0 Å². The van der Waals surface area contributed by atoms with E-state index >= 15 is 0 Å². The van der Waals surface area contributed by atoms with Crippen molar-refractivity contribution in [2.75, 3.05) is 17.5 Å². The molecule has 0 unspecified atom stereocenters. The minimum Gasteiger partial charge on any atom is -0.494 e. The fraction of sp³-hybridized carbons (Fsp3) is 0.278. The zero-order valence-electron chi connectivity index (χ0n) is 13.7. The third kappa shape index (κ3) is 2.89. The van der Waals surface area contributed by atoms with Crippen LogP contribution >= 0.6 is 0 Å². The van der Waals surface area contributed by atoms with Crippen molar-refractivity contribution in [3.63, 3.8) is 0 Å². The zero-order valence-corrected chi connectivity index (χ0v) is 14.5. The first-order valence-electron chi connectivity index (χ1n) is 7.83. The van der Waals surface area contributed by atoms with E-state index in [-0.39, 0.29) is 23.6 Å². The summed E-state index contributed by atoms with van der Waals surface area (Å²) in [6.07, 6.45) is 0.187. The maximum absolute atomic E-state index is 13.0. The second-order valence-corrected chi connectivity index (χ2v) is 7.54. The molecule has 3 rings (SSSR count). The van der Waals surface area contributed by atoms with Crippen molar-refractivity contribution in [3.05, 3.63) is 53.6 Å². The molecule has 0 radical (unpaired) electrons. The summed E-state index contributed by atoms with van der Waals surface area (Å²) in [7, 11) is -3.72. The minimum atomic E-state index is -3.72. The molecule has 0 N–H and O–H groups in total. The average Bonchev–Trinajstić information content (AvgIpc) is 2.56. The van der Waals surface area contributed by atoms with Gasteiger partial charge in [-0.2, -0.15) is 0 Å². The van der Waals surface area contributed by atoms with Crippen molar-refractivity contribution in [1.29, 1.82) is 0 Å². The summed E-state index contributed by atoms with van der Waals surface area (Å²) in [5.41, 5.74) is 1.85. The van der Waals surface area contributed by atoms with Crippen LogP contribution in [0.5, 0.6) is 5.75 Å². The van der Waals surface area contributed by atoms with E-state index in [9.17, 15) is 13.2 Å². The van der Waals surface area contributed by atoms with Crippen molar-refractivity contribution < 1.29 is 17.9 Å². The summed E-state index contributed by atoms with van der Waals surface area (Å²) in [5, 5.41) is 0. The third-order valence-corrected chi connectivity index (χ3v) is 5.81. The first kappa shape index (κ1) is 16.5. The van der Waals surface area contributed by atoms with Gasteiger partial charge >= 0.3 is 0 Å². The molecule has 1 aliphatic rings.